The second-order valence-electron chi connectivity index (χ2n) is 7.05. The summed E-state index contributed by atoms with van der Waals surface area (Å²) in [7, 11) is -4.16. The Hall–Kier alpha value is -3.31. The van der Waals surface area contributed by atoms with Crippen molar-refractivity contribution in [3.63, 3.8) is 0 Å². The average molecular weight is 530 g/mol. The van der Waals surface area contributed by atoms with Crippen LogP contribution in [0, 0.1) is 0 Å². The Morgan fingerprint density at radius 1 is 1.11 bits per heavy atom. The van der Waals surface area contributed by atoms with Gasteiger partial charge in [-0.15, -0.1) is 0 Å². The quantitative estimate of drug-likeness (QED) is 0.345. The van der Waals surface area contributed by atoms with Crippen LogP contribution in [0.15, 0.2) is 70.6 Å². The number of halogens is 4. The second-order valence-corrected chi connectivity index (χ2v) is 9.37. The molecular formula is C23H19ClF3NO6S. The standard InChI is InChI=1S/C23H19ClF3NO6S/c1-3-32-22(29)14(2)33-19-10-9-16(12-20(19)35(30,31)17-7-5-4-6-8-17)34-21-18(24)11-15(13-28-21)23(25,26)27/h4-14H,3H2,1-2H3/t14-/m0/s1. The summed E-state index contributed by atoms with van der Waals surface area (Å²) in [6, 6.07) is 11.7. The number of carbonyl (C=O) groups is 1. The largest absolute Gasteiger partial charge is 0.478 e. The van der Waals surface area contributed by atoms with Crippen molar-refractivity contribution in [3.05, 3.63) is 71.4 Å². The summed E-state index contributed by atoms with van der Waals surface area (Å²) in [6.07, 6.45) is -5.24. The van der Waals surface area contributed by atoms with Crippen LogP contribution in [0.3, 0.4) is 0 Å². The SMILES string of the molecule is CCOC(=O)[C@H](C)Oc1ccc(Oc2ncc(C(F)(F)F)cc2Cl)cc1S(=O)(=O)c1ccccc1. The van der Waals surface area contributed by atoms with E-state index in [4.69, 9.17) is 25.8 Å². The third kappa shape index (κ3) is 6.23. The molecule has 0 bridgehead atoms. The van der Waals surface area contributed by atoms with E-state index >= 15 is 0 Å². The third-order valence-electron chi connectivity index (χ3n) is 4.53. The Bertz CT molecular complexity index is 1320. The zero-order valence-corrected chi connectivity index (χ0v) is 19.9. The van der Waals surface area contributed by atoms with E-state index in [0.717, 1.165) is 6.07 Å². The molecule has 2 aromatic carbocycles. The molecule has 7 nitrogen and oxygen atoms in total. The molecule has 0 N–H and O–H groups in total. The van der Waals surface area contributed by atoms with Crippen LogP contribution in [0.25, 0.3) is 0 Å². The second kappa shape index (κ2) is 10.5. The number of sulfone groups is 1. The highest BCUT2D eigenvalue weighted by Gasteiger charge is 2.32. The van der Waals surface area contributed by atoms with E-state index in [2.05, 4.69) is 4.98 Å². The molecule has 12 heteroatoms. The van der Waals surface area contributed by atoms with Crippen LogP contribution in [-0.4, -0.2) is 32.1 Å². The smallest absolute Gasteiger partial charge is 0.417 e. The lowest BCUT2D eigenvalue weighted by atomic mass is 10.3. The molecular weight excluding hydrogens is 511 g/mol. The Kier molecular flexibility index (Phi) is 7.91. The van der Waals surface area contributed by atoms with Gasteiger partial charge < -0.3 is 14.2 Å². The lowest BCUT2D eigenvalue weighted by molar-refractivity contribution is -0.150. The first-order chi connectivity index (χ1) is 16.4. The zero-order chi connectivity index (χ0) is 25.8. The molecule has 0 saturated carbocycles. The molecule has 0 aliphatic carbocycles. The third-order valence-corrected chi connectivity index (χ3v) is 6.59. The molecule has 1 heterocycles. The van der Waals surface area contributed by atoms with E-state index in [-0.39, 0.29) is 33.8 Å². The van der Waals surface area contributed by atoms with Crippen LogP contribution >= 0.6 is 11.6 Å². The highest BCUT2D eigenvalue weighted by Crippen LogP contribution is 2.37. The maximum Gasteiger partial charge on any atom is 0.417 e. The normalized spacial score (nSPS) is 12.6. The number of hydrogen-bond donors (Lipinski definition) is 0. The van der Waals surface area contributed by atoms with Gasteiger partial charge in [0.1, 0.15) is 21.4 Å². The van der Waals surface area contributed by atoms with Gasteiger partial charge in [0.25, 0.3) is 0 Å². The molecule has 3 rings (SSSR count). The van der Waals surface area contributed by atoms with Crippen molar-refractivity contribution < 1.29 is 40.6 Å². The van der Waals surface area contributed by atoms with E-state index in [0.29, 0.717) is 12.3 Å². The Morgan fingerprint density at radius 3 is 2.40 bits per heavy atom. The number of ether oxygens (including phenoxy) is 3. The van der Waals surface area contributed by atoms with Gasteiger partial charge in [-0.2, -0.15) is 13.2 Å². The number of hydrogen-bond acceptors (Lipinski definition) is 7. The highest BCUT2D eigenvalue weighted by atomic mass is 35.5. The molecule has 0 aliphatic rings. The van der Waals surface area contributed by atoms with E-state index in [1.165, 1.54) is 43.3 Å². The number of rotatable bonds is 8. The number of aromatic nitrogens is 1. The van der Waals surface area contributed by atoms with Crippen LogP contribution in [0.1, 0.15) is 19.4 Å². The van der Waals surface area contributed by atoms with Crippen LogP contribution in [0.4, 0.5) is 13.2 Å². The highest BCUT2D eigenvalue weighted by molar-refractivity contribution is 7.91. The minimum absolute atomic E-state index is 0.0588. The first-order valence-corrected chi connectivity index (χ1v) is 12.0. The van der Waals surface area contributed by atoms with E-state index in [1.54, 1.807) is 13.0 Å². The summed E-state index contributed by atoms with van der Waals surface area (Å²) in [4.78, 5) is 15.2. The van der Waals surface area contributed by atoms with Crippen molar-refractivity contribution >= 4 is 27.4 Å². The topological polar surface area (TPSA) is 91.8 Å². The van der Waals surface area contributed by atoms with Gasteiger partial charge in [-0.1, -0.05) is 29.8 Å². The van der Waals surface area contributed by atoms with E-state index in [1.807, 2.05) is 0 Å². The van der Waals surface area contributed by atoms with Gasteiger partial charge in [0.15, 0.2) is 6.10 Å². The fourth-order valence-corrected chi connectivity index (χ4v) is 4.48. The van der Waals surface area contributed by atoms with Crippen molar-refractivity contribution in [1.29, 1.82) is 0 Å². The summed E-state index contributed by atoms with van der Waals surface area (Å²) in [5, 5.41) is -0.427. The molecule has 0 aliphatic heterocycles. The Labute approximate surface area is 204 Å². The number of nitrogens with zero attached hydrogens (tertiary/aromatic N) is 1. The van der Waals surface area contributed by atoms with Crippen LogP contribution in [-0.2, 0) is 25.5 Å². The molecule has 0 amide bonds. The van der Waals surface area contributed by atoms with Crippen LogP contribution in [0.5, 0.6) is 17.4 Å². The van der Waals surface area contributed by atoms with Gasteiger partial charge in [-0.3, -0.25) is 0 Å². The number of pyridine rings is 1. The average Bonchev–Trinajstić information content (AvgIpc) is 2.81. The minimum Gasteiger partial charge on any atom is -0.478 e. The van der Waals surface area contributed by atoms with E-state index in [9.17, 15) is 26.4 Å². The summed E-state index contributed by atoms with van der Waals surface area (Å²) in [5.41, 5.74) is -1.07. The summed E-state index contributed by atoms with van der Waals surface area (Å²) in [6.45, 7) is 3.12. The van der Waals surface area contributed by atoms with Gasteiger partial charge in [0.05, 0.1) is 17.1 Å². The predicted molar refractivity (Wildman–Crippen MR) is 119 cm³/mol. The van der Waals surface area contributed by atoms with Gasteiger partial charge in [0, 0.05) is 12.3 Å². The van der Waals surface area contributed by atoms with Crippen molar-refractivity contribution in [1.82, 2.24) is 4.98 Å². The molecule has 186 valence electrons. The van der Waals surface area contributed by atoms with Gasteiger partial charge in [-0.05, 0) is 44.2 Å². The first-order valence-electron chi connectivity index (χ1n) is 10.1. The number of benzene rings is 2. The lowest BCUT2D eigenvalue weighted by Gasteiger charge is -2.18. The zero-order valence-electron chi connectivity index (χ0n) is 18.4. The maximum atomic E-state index is 13.3. The minimum atomic E-state index is -4.65. The summed E-state index contributed by atoms with van der Waals surface area (Å²) in [5.74, 6) is -1.31. The monoisotopic (exact) mass is 529 g/mol. The van der Waals surface area contributed by atoms with Crippen molar-refractivity contribution in [2.24, 2.45) is 0 Å². The van der Waals surface area contributed by atoms with Crippen molar-refractivity contribution in [2.75, 3.05) is 6.61 Å². The summed E-state index contributed by atoms with van der Waals surface area (Å²) < 4.78 is 81.2. The number of esters is 1. The Morgan fingerprint density at radius 2 is 1.80 bits per heavy atom. The van der Waals surface area contributed by atoms with Gasteiger partial charge >= 0.3 is 12.1 Å². The maximum absolute atomic E-state index is 13.3. The fourth-order valence-electron chi connectivity index (χ4n) is 2.85. The van der Waals surface area contributed by atoms with Crippen molar-refractivity contribution in [3.8, 4) is 17.4 Å². The molecule has 0 unspecified atom stereocenters. The first kappa shape index (κ1) is 26.3. The molecule has 3 aromatic rings. The predicted octanol–water partition coefficient (Wildman–Crippen LogP) is 5.71. The van der Waals surface area contributed by atoms with Crippen LogP contribution < -0.4 is 9.47 Å². The molecule has 1 aromatic heterocycles. The number of alkyl halides is 3. The molecule has 0 radical (unpaired) electrons. The number of carbonyl (C=O) groups excluding carboxylic acids is 1. The lowest BCUT2D eigenvalue weighted by Crippen LogP contribution is -2.26. The van der Waals surface area contributed by atoms with Gasteiger partial charge in [0.2, 0.25) is 15.7 Å². The summed E-state index contributed by atoms with van der Waals surface area (Å²) >= 11 is 5.89. The fraction of sp³-hybridized carbons (Fsp3) is 0.217. The molecule has 35 heavy (non-hydrogen) atoms. The molecule has 0 fully saturated rings. The molecule has 1 atom stereocenters. The molecule has 0 saturated heterocycles. The molecule has 0 spiro atoms. The van der Waals surface area contributed by atoms with Crippen LogP contribution in [0.2, 0.25) is 5.02 Å². The van der Waals surface area contributed by atoms with Gasteiger partial charge in [-0.25, -0.2) is 18.2 Å². The van der Waals surface area contributed by atoms with Crippen molar-refractivity contribution in [2.45, 2.75) is 35.9 Å². The Balaban J connectivity index is 2.03. The van der Waals surface area contributed by atoms with E-state index < -0.39 is 38.7 Å².